The second-order valence-corrected chi connectivity index (χ2v) is 2.99. The van der Waals surface area contributed by atoms with Crippen molar-refractivity contribution in [2.24, 2.45) is 0 Å². The zero-order valence-corrected chi connectivity index (χ0v) is 8.47. The highest BCUT2D eigenvalue weighted by atomic mass is 16.4. The van der Waals surface area contributed by atoms with Gasteiger partial charge in [-0.1, -0.05) is 5.92 Å². The topological polar surface area (TPSA) is 67.2 Å². The number of terminal acetylenes is 1. The van der Waals surface area contributed by atoms with Gasteiger partial charge in [0.1, 0.15) is 6.04 Å². The fraction of sp³-hybridized carbons (Fsp3) is 0.400. The Morgan fingerprint density at radius 2 is 2.60 bits per heavy atom. The van der Waals surface area contributed by atoms with E-state index in [1.165, 1.54) is 6.20 Å². The maximum atomic E-state index is 10.9. The zero-order chi connectivity index (χ0) is 11.3. The van der Waals surface area contributed by atoms with Crippen LogP contribution < -0.4 is 5.32 Å². The van der Waals surface area contributed by atoms with Gasteiger partial charge in [-0.25, -0.2) is 0 Å². The minimum absolute atomic E-state index is 0.217. The monoisotopic (exact) mass is 207 g/mol. The average molecular weight is 207 g/mol. The average Bonchev–Trinajstić information content (AvgIpc) is 2.66. The van der Waals surface area contributed by atoms with E-state index in [2.05, 4.69) is 16.3 Å². The molecule has 0 radical (unpaired) electrons. The molecule has 0 saturated heterocycles. The van der Waals surface area contributed by atoms with Gasteiger partial charge in [-0.3, -0.25) is 14.8 Å². The highest BCUT2D eigenvalue weighted by Crippen LogP contribution is 2.11. The molecule has 1 heterocycles. The lowest BCUT2D eigenvalue weighted by Gasteiger charge is -2.09. The van der Waals surface area contributed by atoms with E-state index in [-0.39, 0.29) is 6.54 Å². The van der Waals surface area contributed by atoms with Crippen LogP contribution in [0.4, 0.5) is 0 Å². The molecule has 1 aromatic rings. The van der Waals surface area contributed by atoms with E-state index in [1.54, 1.807) is 10.9 Å². The third kappa shape index (κ3) is 2.82. The molecule has 5 nitrogen and oxygen atoms in total. The highest BCUT2D eigenvalue weighted by molar-refractivity contribution is 5.75. The number of aliphatic carboxylic acids is 1. The molecule has 80 valence electrons. The summed E-state index contributed by atoms with van der Waals surface area (Å²) >= 11 is 0. The van der Waals surface area contributed by atoms with E-state index < -0.39 is 12.0 Å². The van der Waals surface area contributed by atoms with Crippen LogP contribution in [0.15, 0.2) is 12.4 Å². The van der Waals surface area contributed by atoms with Crippen LogP contribution >= 0.6 is 0 Å². The predicted octanol–water partition coefficient (Wildman–Crippen LogP) is 0.251. The summed E-state index contributed by atoms with van der Waals surface area (Å²) in [6.07, 6.45) is 8.29. The molecular weight excluding hydrogens is 194 g/mol. The standard InChI is InChI=1S/C10H13N3O2/c1-3-5-11-9(10(14)15)8-6-12-13(4-2)7-8/h1,6-7,9,11H,4-5H2,2H3,(H,14,15). The van der Waals surface area contributed by atoms with Crippen molar-refractivity contribution in [3.63, 3.8) is 0 Å². The molecule has 0 fully saturated rings. The van der Waals surface area contributed by atoms with E-state index in [4.69, 9.17) is 11.5 Å². The van der Waals surface area contributed by atoms with Gasteiger partial charge in [-0.05, 0) is 6.92 Å². The molecule has 0 amide bonds. The first kappa shape index (κ1) is 11.3. The van der Waals surface area contributed by atoms with E-state index in [1.807, 2.05) is 6.92 Å². The molecule has 0 aliphatic heterocycles. The van der Waals surface area contributed by atoms with Gasteiger partial charge in [0.25, 0.3) is 0 Å². The normalized spacial score (nSPS) is 12.0. The number of nitrogens with one attached hydrogen (secondary N) is 1. The van der Waals surface area contributed by atoms with Crippen molar-refractivity contribution in [2.45, 2.75) is 19.5 Å². The number of hydrogen-bond acceptors (Lipinski definition) is 3. The number of aryl methyl sites for hydroxylation is 1. The van der Waals surface area contributed by atoms with Crippen molar-refractivity contribution in [3.8, 4) is 12.3 Å². The van der Waals surface area contributed by atoms with Gasteiger partial charge >= 0.3 is 5.97 Å². The van der Waals surface area contributed by atoms with Crippen LogP contribution in [0.5, 0.6) is 0 Å². The van der Waals surface area contributed by atoms with E-state index in [0.29, 0.717) is 12.1 Å². The summed E-state index contributed by atoms with van der Waals surface area (Å²) in [4.78, 5) is 10.9. The van der Waals surface area contributed by atoms with Gasteiger partial charge in [-0.2, -0.15) is 5.10 Å². The molecule has 0 saturated carbocycles. The summed E-state index contributed by atoms with van der Waals surface area (Å²) in [6, 6.07) is -0.790. The molecule has 0 aliphatic rings. The van der Waals surface area contributed by atoms with Crippen molar-refractivity contribution in [3.05, 3.63) is 18.0 Å². The number of nitrogens with zero attached hydrogens (tertiary/aromatic N) is 2. The van der Waals surface area contributed by atoms with Crippen molar-refractivity contribution in [1.82, 2.24) is 15.1 Å². The summed E-state index contributed by atoms with van der Waals surface area (Å²) in [5.41, 5.74) is 0.611. The minimum Gasteiger partial charge on any atom is -0.480 e. The Labute approximate surface area is 88.1 Å². The van der Waals surface area contributed by atoms with Crippen LogP contribution in [0.3, 0.4) is 0 Å². The van der Waals surface area contributed by atoms with Crippen LogP contribution in [0.1, 0.15) is 18.5 Å². The quantitative estimate of drug-likeness (QED) is 0.679. The SMILES string of the molecule is C#CCNC(C(=O)O)c1cnn(CC)c1. The number of carboxylic acids is 1. The van der Waals surface area contributed by atoms with Gasteiger partial charge in [0, 0.05) is 18.3 Å². The van der Waals surface area contributed by atoms with Crippen molar-refractivity contribution >= 4 is 5.97 Å². The summed E-state index contributed by atoms with van der Waals surface area (Å²) in [5.74, 6) is 1.38. The molecule has 1 aromatic heterocycles. The molecule has 1 atom stereocenters. The Morgan fingerprint density at radius 1 is 1.87 bits per heavy atom. The van der Waals surface area contributed by atoms with Crippen molar-refractivity contribution in [2.75, 3.05) is 6.54 Å². The molecule has 15 heavy (non-hydrogen) atoms. The van der Waals surface area contributed by atoms with E-state index in [9.17, 15) is 4.79 Å². The molecule has 2 N–H and O–H groups in total. The second kappa shape index (κ2) is 5.17. The Hall–Kier alpha value is -1.80. The van der Waals surface area contributed by atoms with Gasteiger partial charge in [0.15, 0.2) is 0 Å². The molecule has 0 spiro atoms. The Balaban J connectivity index is 2.80. The highest BCUT2D eigenvalue weighted by Gasteiger charge is 2.19. The Kier molecular flexibility index (Phi) is 3.89. The smallest absolute Gasteiger partial charge is 0.325 e. The zero-order valence-electron chi connectivity index (χ0n) is 8.47. The number of aromatic nitrogens is 2. The lowest BCUT2D eigenvalue weighted by atomic mass is 10.1. The summed E-state index contributed by atoms with van der Waals surface area (Å²) in [5, 5.41) is 15.7. The first-order chi connectivity index (χ1) is 7.19. The van der Waals surface area contributed by atoms with Gasteiger partial charge in [-0.15, -0.1) is 6.42 Å². The number of carbonyl (C=O) groups is 1. The number of hydrogen-bond donors (Lipinski definition) is 2. The van der Waals surface area contributed by atoms with Gasteiger partial charge in [0.05, 0.1) is 12.7 Å². The fourth-order valence-corrected chi connectivity index (χ4v) is 1.21. The lowest BCUT2D eigenvalue weighted by Crippen LogP contribution is -2.28. The largest absolute Gasteiger partial charge is 0.480 e. The molecule has 1 unspecified atom stereocenters. The van der Waals surface area contributed by atoms with Crippen LogP contribution in [0.25, 0.3) is 0 Å². The van der Waals surface area contributed by atoms with Crippen LogP contribution in [0, 0.1) is 12.3 Å². The lowest BCUT2D eigenvalue weighted by molar-refractivity contribution is -0.139. The summed E-state index contributed by atoms with van der Waals surface area (Å²) in [7, 11) is 0. The number of carboxylic acid groups (broad SMARTS) is 1. The minimum atomic E-state index is -0.957. The Bertz CT molecular complexity index is 378. The van der Waals surface area contributed by atoms with Crippen molar-refractivity contribution in [1.29, 1.82) is 0 Å². The van der Waals surface area contributed by atoms with Crippen LogP contribution in [-0.4, -0.2) is 27.4 Å². The van der Waals surface area contributed by atoms with Gasteiger partial charge < -0.3 is 5.11 Å². The third-order valence-electron chi connectivity index (χ3n) is 1.97. The second-order valence-electron chi connectivity index (χ2n) is 2.99. The maximum absolute atomic E-state index is 10.9. The third-order valence-corrected chi connectivity index (χ3v) is 1.97. The van der Waals surface area contributed by atoms with Gasteiger partial charge in [0.2, 0.25) is 0 Å². The molecule has 0 bridgehead atoms. The Morgan fingerprint density at radius 3 is 3.07 bits per heavy atom. The first-order valence-corrected chi connectivity index (χ1v) is 4.61. The molecular formula is C10H13N3O2. The van der Waals surface area contributed by atoms with Crippen LogP contribution in [-0.2, 0) is 11.3 Å². The van der Waals surface area contributed by atoms with E-state index >= 15 is 0 Å². The fourth-order valence-electron chi connectivity index (χ4n) is 1.21. The van der Waals surface area contributed by atoms with Crippen molar-refractivity contribution < 1.29 is 9.90 Å². The molecule has 5 heteroatoms. The number of rotatable bonds is 5. The molecule has 0 aromatic carbocycles. The molecule has 0 aliphatic carbocycles. The van der Waals surface area contributed by atoms with Crippen LogP contribution in [0.2, 0.25) is 0 Å². The van der Waals surface area contributed by atoms with E-state index in [0.717, 1.165) is 0 Å². The summed E-state index contributed by atoms with van der Waals surface area (Å²) in [6.45, 7) is 2.86. The molecule has 1 rings (SSSR count). The first-order valence-electron chi connectivity index (χ1n) is 4.61. The predicted molar refractivity (Wildman–Crippen MR) is 55.1 cm³/mol. The summed E-state index contributed by atoms with van der Waals surface area (Å²) < 4.78 is 1.67. The maximum Gasteiger partial charge on any atom is 0.325 e.